The van der Waals surface area contributed by atoms with Crippen LogP contribution in [0.5, 0.6) is 17.2 Å². The van der Waals surface area contributed by atoms with Gasteiger partial charge in [-0.15, -0.1) is 0 Å². The molecule has 2 aromatic rings. The van der Waals surface area contributed by atoms with Crippen LogP contribution in [0.3, 0.4) is 0 Å². The third-order valence-electron chi connectivity index (χ3n) is 6.14. The van der Waals surface area contributed by atoms with E-state index in [0.717, 1.165) is 24.2 Å². The summed E-state index contributed by atoms with van der Waals surface area (Å²) in [6.45, 7) is -0.0664. The Balaban J connectivity index is 1.98. The summed E-state index contributed by atoms with van der Waals surface area (Å²) in [6.07, 6.45) is 0.888. The number of hydrazine groups is 1. The predicted molar refractivity (Wildman–Crippen MR) is 125 cm³/mol. The molecule has 3 aliphatic rings. The quantitative estimate of drug-likeness (QED) is 0.531. The molecule has 2 bridgehead atoms. The van der Waals surface area contributed by atoms with E-state index in [0.29, 0.717) is 5.56 Å². The Morgan fingerprint density at radius 3 is 2.22 bits per heavy atom. The molecule has 0 N–H and O–H groups in total. The minimum atomic E-state index is -2.13. The summed E-state index contributed by atoms with van der Waals surface area (Å²) in [6, 6.07) is 6.10. The zero-order valence-corrected chi connectivity index (χ0v) is 20.8. The Morgan fingerprint density at radius 2 is 1.65 bits per heavy atom. The molecule has 12 heteroatoms. The first-order valence-electron chi connectivity index (χ1n) is 11.0. The molecular formula is C25H25FN2O9. The molecule has 196 valence electrons. The summed E-state index contributed by atoms with van der Waals surface area (Å²) < 4.78 is 45.9. The molecule has 0 aromatic heterocycles. The van der Waals surface area contributed by atoms with Gasteiger partial charge in [0.1, 0.15) is 18.5 Å². The van der Waals surface area contributed by atoms with Crippen molar-refractivity contribution >= 4 is 18.0 Å². The number of Topliss-reactive ketones (excluding diaryl/α,β-unsaturated/α-hetero) is 1. The van der Waals surface area contributed by atoms with Crippen molar-refractivity contribution in [3.8, 4) is 17.2 Å². The fourth-order valence-corrected chi connectivity index (χ4v) is 4.41. The number of ether oxygens (including phenoxy) is 6. The van der Waals surface area contributed by atoms with Crippen molar-refractivity contribution in [3.05, 3.63) is 65.0 Å². The van der Waals surface area contributed by atoms with Gasteiger partial charge in [0.25, 0.3) is 0 Å². The number of ketones is 1. The van der Waals surface area contributed by atoms with Crippen LogP contribution < -0.4 is 14.2 Å². The van der Waals surface area contributed by atoms with Gasteiger partial charge in [0.15, 0.2) is 11.5 Å². The minimum absolute atomic E-state index is 0.0159. The second-order valence-corrected chi connectivity index (χ2v) is 7.95. The molecule has 2 atom stereocenters. The number of benzene rings is 2. The third-order valence-corrected chi connectivity index (χ3v) is 6.14. The molecule has 0 radical (unpaired) electrons. The third kappa shape index (κ3) is 3.99. The lowest BCUT2D eigenvalue weighted by Gasteiger charge is -2.45. The van der Waals surface area contributed by atoms with E-state index < -0.39 is 35.6 Å². The summed E-state index contributed by atoms with van der Waals surface area (Å²) >= 11 is 0. The van der Waals surface area contributed by atoms with Gasteiger partial charge >= 0.3 is 12.2 Å². The minimum Gasteiger partial charge on any atom is -0.493 e. The molecule has 1 aliphatic carbocycles. The van der Waals surface area contributed by atoms with Gasteiger partial charge in [-0.05, 0) is 35.4 Å². The van der Waals surface area contributed by atoms with Crippen LogP contribution in [0.1, 0.15) is 27.5 Å². The molecule has 0 saturated carbocycles. The molecule has 0 fully saturated rings. The Kier molecular flexibility index (Phi) is 6.94. The molecule has 0 saturated heterocycles. The molecule has 0 spiro atoms. The predicted octanol–water partition coefficient (Wildman–Crippen LogP) is 3.62. The van der Waals surface area contributed by atoms with Crippen LogP contribution in [0.25, 0.3) is 0 Å². The number of methoxy groups -OCH3 is 5. The zero-order chi connectivity index (χ0) is 26.9. The molecule has 2 aliphatic heterocycles. The molecule has 2 amide bonds. The molecular weight excluding hydrogens is 491 g/mol. The van der Waals surface area contributed by atoms with Crippen LogP contribution in [0.4, 0.5) is 14.0 Å². The van der Waals surface area contributed by atoms with Crippen LogP contribution in [0.15, 0.2) is 42.5 Å². The van der Waals surface area contributed by atoms with Crippen LogP contribution in [0.2, 0.25) is 0 Å². The van der Waals surface area contributed by atoms with E-state index in [4.69, 9.17) is 28.4 Å². The Hall–Kier alpha value is -4.32. The van der Waals surface area contributed by atoms with E-state index >= 15 is 0 Å². The van der Waals surface area contributed by atoms with Gasteiger partial charge in [-0.25, -0.2) is 14.0 Å². The van der Waals surface area contributed by atoms with E-state index in [1.165, 1.54) is 63.8 Å². The normalized spacial score (nSPS) is 19.7. The second kappa shape index (κ2) is 9.97. The number of nitrogens with zero attached hydrogens (tertiary/aromatic N) is 2. The first kappa shape index (κ1) is 25.8. The first-order chi connectivity index (χ1) is 17.8. The number of hydrogen-bond acceptors (Lipinski definition) is 9. The summed E-state index contributed by atoms with van der Waals surface area (Å²) in [5, 5.41) is 1.68. The van der Waals surface area contributed by atoms with Crippen LogP contribution in [-0.2, 0) is 20.8 Å². The van der Waals surface area contributed by atoms with Crippen molar-refractivity contribution in [2.45, 2.75) is 18.4 Å². The largest absolute Gasteiger partial charge is 0.493 e. The number of rotatable bonds is 6. The van der Waals surface area contributed by atoms with Crippen molar-refractivity contribution < 1.29 is 47.2 Å². The van der Waals surface area contributed by atoms with Crippen molar-refractivity contribution in [1.29, 1.82) is 0 Å². The summed E-state index contributed by atoms with van der Waals surface area (Å²) in [4.78, 5) is 40.1. The SMILES string of the molecule is COC(=O)N1[C@@H]2C=C[C@@](OC)(C(=O)c3c2cc(OC)c(OC)c3OCc2ccc(F)cc2)N1C(=O)OC. The molecule has 0 unspecified atom stereocenters. The molecule has 37 heavy (non-hydrogen) atoms. The molecule has 2 heterocycles. The zero-order valence-electron chi connectivity index (χ0n) is 20.8. The van der Waals surface area contributed by atoms with Crippen LogP contribution >= 0.6 is 0 Å². The van der Waals surface area contributed by atoms with Gasteiger partial charge in [0, 0.05) is 7.11 Å². The van der Waals surface area contributed by atoms with E-state index in [2.05, 4.69) is 0 Å². The summed E-state index contributed by atoms with van der Waals surface area (Å²) in [5.41, 5.74) is -1.28. The maximum absolute atomic E-state index is 14.2. The smallest absolute Gasteiger partial charge is 0.432 e. The highest BCUT2D eigenvalue weighted by Crippen LogP contribution is 2.51. The standard InChI is InChI=1S/C25H25FN2O9/c1-32-18-12-16-17-10-11-25(36-5,28(24(31)35-4)27(17)23(30)34-3)22(29)19(16)21(20(18)33-2)37-13-14-6-8-15(26)9-7-14/h6-12,17H,13H2,1-5H3/t17-,25-/m1/s1. The number of carbonyl (C=O) groups excluding carboxylic acids is 3. The second-order valence-electron chi connectivity index (χ2n) is 7.95. The average molecular weight is 516 g/mol. The molecule has 5 rings (SSSR count). The molecule has 11 nitrogen and oxygen atoms in total. The lowest BCUT2D eigenvalue weighted by molar-refractivity contribution is -0.155. The van der Waals surface area contributed by atoms with Gasteiger partial charge in [0.05, 0.1) is 34.0 Å². The van der Waals surface area contributed by atoms with Crippen molar-refractivity contribution in [3.63, 3.8) is 0 Å². The fourth-order valence-electron chi connectivity index (χ4n) is 4.41. The van der Waals surface area contributed by atoms with Crippen LogP contribution in [0, 0.1) is 5.82 Å². The average Bonchev–Trinajstić information content (AvgIpc) is 3.10. The number of amides is 2. The van der Waals surface area contributed by atoms with E-state index in [9.17, 15) is 18.8 Å². The number of carbonyl (C=O) groups is 3. The number of fused-ring (bicyclic) bond motifs is 1. The van der Waals surface area contributed by atoms with Gasteiger partial charge in [0.2, 0.25) is 17.3 Å². The summed E-state index contributed by atoms with van der Waals surface area (Å²) in [5.74, 6) is -0.878. The topological polar surface area (TPSA) is 113 Å². The Labute approximate surface area is 211 Å². The lowest BCUT2D eigenvalue weighted by atomic mass is 9.95. The van der Waals surface area contributed by atoms with Gasteiger partial charge in [-0.1, -0.05) is 18.2 Å². The maximum atomic E-state index is 14.2. The Morgan fingerprint density at radius 1 is 0.973 bits per heavy atom. The number of hydrogen-bond donors (Lipinski definition) is 0. The summed E-state index contributed by atoms with van der Waals surface area (Å²) in [7, 11) is 6.21. The Bertz CT molecular complexity index is 1260. The monoisotopic (exact) mass is 516 g/mol. The lowest BCUT2D eigenvalue weighted by Crippen LogP contribution is -2.65. The van der Waals surface area contributed by atoms with Gasteiger partial charge in [-0.2, -0.15) is 10.0 Å². The van der Waals surface area contributed by atoms with Gasteiger partial charge < -0.3 is 28.4 Å². The number of halogens is 1. The highest BCUT2D eigenvalue weighted by Gasteiger charge is 2.59. The van der Waals surface area contributed by atoms with Crippen LogP contribution in [-0.4, -0.2) is 69.3 Å². The van der Waals surface area contributed by atoms with E-state index in [1.54, 1.807) is 0 Å². The highest BCUT2D eigenvalue weighted by atomic mass is 19.1. The highest BCUT2D eigenvalue weighted by molar-refractivity contribution is 6.10. The van der Waals surface area contributed by atoms with Crippen molar-refractivity contribution in [2.75, 3.05) is 35.5 Å². The van der Waals surface area contributed by atoms with E-state index in [-0.39, 0.29) is 35.0 Å². The van der Waals surface area contributed by atoms with Crippen molar-refractivity contribution in [1.82, 2.24) is 10.0 Å². The van der Waals surface area contributed by atoms with Gasteiger partial charge in [-0.3, -0.25) is 4.79 Å². The maximum Gasteiger partial charge on any atom is 0.432 e. The molecule has 2 aromatic carbocycles. The van der Waals surface area contributed by atoms with Crippen molar-refractivity contribution in [2.24, 2.45) is 0 Å². The first-order valence-corrected chi connectivity index (χ1v) is 11.0. The van der Waals surface area contributed by atoms with E-state index in [1.807, 2.05) is 0 Å². The fraction of sp³-hybridized carbons (Fsp3) is 0.320.